The Hall–Kier alpha value is -2.89. The first-order valence-electron chi connectivity index (χ1n) is 12.8. The van der Waals surface area contributed by atoms with Gasteiger partial charge in [-0.3, -0.25) is 4.98 Å². The fourth-order valence-electron chi connectivity index (χ4n) is 4.64. The van der Waals surface area contributed by atoms with Crippen LogP contribution in [0.1, 0.15) is 90.4 Å². The highest BCUT2D eigenvalue weighted by molar-refractivity contribution is 6.05. The van der Waals surface area contributed by atoms with Crippen LogP contribution in [0, 0.1) is 13.8 Å². The zero-order chi connectivity index (χ0) is 25.4. The first-order chi connectivity index (χ1) is 16.5. The highest BCUT2D eigenvalue weighted by atomic mass is 16.5. The molecule has 0 N–H and O–H groups in total. The van der Waals surface area contributed by atoms with Crippen LogP contribution in [0.15, 0.2) is 22.9 Å². The van der Waals surface area contributed by atoms with Crippen molar-refractivity contribution in [3.8, 4) is 16.9 Å². The van der Waals surface area contributed by atoms with Gasteiger partial charge in [-0.1, -0.05) is 59.5 Å². The van der Waals surface area contributed by atoms with Crippen LogP contribution in [0.3, 0.4) is 0 Å². The molecule has 0 saturated heterocycles. The molecule has 4 aromatic rings. The number of rotatable bonds is 7. The Morgan fingerprint density at radius 2 is 1.65 bits per heavy atom. The minimum Gasteiger partial charge on any atom is -0.496 e. The Kier molecular flexibility index (Phi) is 10.1. The number of aromatic nitrogens is 4. The Bertz CT molecular complexity index is 1180. The molecule has 3 aromatic heterocycles. The minimum atomic E-state index is 0.468. The number of pyridine rings is 1. The number of benzene rings is 1. The van der Waals surface area contributed by atoms with Crippen molar-refractivity contribution in [1.82, 2.24) is 19.7 Å². The van der Waals surface area contributed by atoms with Gasteiger partial charge in [-0.05, 0) is 38.8 Å². The monoisotopic (exact) mass is 466 g/mol. The van der Waals surface area contributed by atoms with Crippen LogP contribution in [0.25, 0.3) is 33.1 Å². The van der Waals surface area contributed by atoms with Crippen LogP contribution in [0.4, 0.5) is 0 Å². The molecule has 0 bridgehead atoms. The Morgan fingerprint density at radius 1 is 1.00 bits per heavy atom. The molecule has 0 amide bonds. The number of fused-ring (bicyclic) bond motifs is 3. The fourth-order valence-corrected chi connectivity index (χ4v) is 4.64. The van der Waals surface area contributed by atoms with Gasteiger partial charge in [-0.15, -0.1) is 0 Å². The van der Waals surface area contributed by atoms with Gasteiger partial charge in [0.15, 0.2) is 0 Å². The molecule has 0 radical (unpaired) electrons. The molecule has 0 saturated carbocycles. The molecule has 1 aromatic carbocycles. The summed E-state index contributed by atoms with van der Waals surface area (Å²) < 4.78 is 13.4. The summed E-state index contributed by atoms with van der Waals surface area (Å²) in [4.78, 5) is 9.73. The quantitative estimate of drug-likeness (QED) is 0.275. The van der Waals surface area contributed by atoms with E-state index in [9.17, 15) is 0 Å². The van der Waals surface area contributed by atoms with E-state index in [-0.39, 0.29) is 0 Å². The lowest BCUT2D eigenvalue weighted by Gasteiger charge is -2.15. The average Bonchev–Trinajstić information content (AvgIpc) is 3.38. The molecular weight excluding hydrogens is 424 g/mol. The van der Waals surface area contributed by atoms with Crippen LogP contribution in [-0.2, 0) is 7.05 Å². The maximum absolute atomic E-state index is 5.78. The van der Waals surface area contributed by atoms with Crippen molar-refractivity contribution in [2.75, 3.05) is 7.11 Å². The second-order valence-corrected chi connectivity index (χ2v) is 8.06. The number of hydrogen-bond acceptors (Lipinski definition) is 5. The third-order valence-electron chi connectivity index (χ3n) is 6.00. The largest absolute Gasteiger partial charge is 0.496 e. The Labute approximate surface area is 204 Å². The smallest absolute Gasteiger partial charge is 0.141 e. The molecule has 6 heteroatoms. The second kappa shape index (κ2) is 12.5. The molecule has 4 rings (SSSR count). The zero-order valence-electron chi connectivity index (χ0n) is 22.7. The van der Waals surface area contributed by atoms with Gasteiger partial charge in [0, 0.05) is 23.9 Å². The molecule has 0 aliphatic carbocycles. The number of nitrogens with zero attached hydrogens (tertiary/aromatic N) is 4. The van der Waals surface area contributed by atoms with E-state index in [1.165, 1.54) is 0 Å². The zero-order valence-corrected chi connectivity index (χ0v) is 22.7. The van der Waals surface area contributed by atoms with Crippen molar-refractivity contribution in [2.24, 2.45) is 7.05 Å². The topological polar surface area (TPSA) is 66.0 Å². The van der Waals surface area contributed by atoms with Gasteiger partial charge >= 0.3 is 0 Å². The Balaban J connectivity index is 0.000000970. The van der Waals surface area contributed by atoms with E-state index in [4.69, 9.17) is 19.2 Å². The molecule has 34 heavy (non-hydrogen) atoms. The van der Waals surface area contributed by atoms with Crippen LogP contribution in [0.5, 0.6) is 5.75 Å². The van der Waals surface area contributed by atoms with E-state index in [0.29, 0.717) is 5.92 Å². The van der Waals surface area contributed by atoms with Gasteiger partial charge in [-0.2, -0.15) is 0 Å². The lowest BCUT2D eigenvalue weighted by atomic mass is 9.97. The first-order valence-corrected chi connectivity index (χ1v) is 12.8. The standard InChI is InChI=1S/C24H30N4O2.2C2H6/c1-7-9-16(10-8-2)24-26-20-13-25-19-11-18(22-14(3)27-30-15(22)4)21(29-6)12-17(19)23(20)28(24)5;2*1-2/h11-13,16H,7-10H2,1-6H3;2*1-2H3. The van der Waals surface area contributed by atoms with Gasteiger partial charge in [0.25, 0.3) is 0 Å². The lowest BCUT2D eigenvalue weighted by molar-refractivity contribution is 0.393. The van der Waals surface area contributed by atoms with Gasteiger partial charge in [0.1, 0.15) is 22.9 Å². The number of ether oxygens (including phenoxy) is 1. The van der Waals surface area contributed by atoms with Crippen LogP contribution in [-0.4, -0.2) is 26.8 Å². The van der Waals surface area contributed by atoms with E-state index in [1.54, 1.807) is 7.11 Å². The molecule has 0 atom stereocenters. The summed E-state index contributed by atoms with van der Waals surface area (Å²) in [6.07, 6.45) is 6.49. The third kappa shape index (κ3) is 5.11. The maximum Gasteiger partial charge on any atom is 0.141 e. The molecular formula is C28H42N4O2. The van der Waals surface area contributed by atoms with E-state index >= 15 is 0 Å². The van der Waals surface area contributed by atoms with Crippen LogP contribution < -0.4 is 4.74 Å². The number of hydrogen-bond donors (Lipinski definition) is 0. The summed E-state index contributed by atoms with van der Waals surface area (Å²) in [7, 11) is 3.82. The van der Waals surface area contributed by atoms with Gasteiger partial charge in [0.2, 0.25) is 0 Å². The van der Waals surface area contributed by atoms with Crippen molar-refractivity contribution >= 4 is 21.9 Å². The highest BCUT2D eigenvalue weighted by Crippen LogP contribution is 2.39. The molecule has 0 fully saturated rings. The fraction of sp³-hybridized carbons (Fsp3) is 0.536. The van der Waals surface area contributed by atoms with E-state index < -0.39 is 0 Å². The number of aryl methyl sites for hydroxylation is 3. The van der Waals surface area contributed by atoms with Gasteiger partial charge < -0.3 is 13.8 Å². The molecule has 0 spiro atoms. The maximum atomic E-state index is 5.78. The highest BCUT2D eigenvalue weighted by Gasteiger charge is 2.22. The molecule has 0 unspecified atom stereocenters. The SMILES string of the molecule is CC.CC.CCCC(CCC)c1nc2cnc3cc(-c4c(C)noc4C)c(OC)cc3c2n1C. The lowest BCUT2D eigenvalue weighted by Crippen LogP contribution is -2.06. The second-order valence-electron chi connectivity index (χ2n) is 8.06. The normalized spacial score (nSPS) is 10.8. The molecule has 6 nitrogen and oxygen atoms in total. The van der Waals surface area contributed by atoms with Gasteiger partial charge in [0.05, 0.1) is 35.6 Å². The van der Waals surface area contributed by atoms with Crippen molar-refractivity contribution < 1.29 is 9.26 Å². The summed E-state index contributed by atoms with van der Waals surface area (Å²) >= 11 is 0. The Morgan fingerprint density at radius 3 is 2.18 bits per heavy atom. The van der Waals surface area contributed by atoms with Crippen molar-refractivity contribution in [2.45, 2.75) is 87.0 Å². The van der Waals surface area contributed by atoms with Gasteiger partial charge in [-0.25, -0.2) is 4.98 Å². The molecule has 186 valence electrons. The molecule has 3 heterocycles. The summed E-state index contributed by atoms with van der Waals surface area (Å²) in [5.74, 6) is 3.18. The van der Waals surface area contributed by atoms with Crippen molar-refractivity contribution in [3.05, 3.63) is 35.6 Å². The number of methoxy groups -OCH3 is 1. The minimum absolute atomic E-state index is 0.468. The summed E-state index contributed by atoms with van der Waals surface area (Å²) in [6, 6.07) is 4.15. The van der Waals surface area contributed by atoms with E-state index in [2.05, 4.69) is 42.8 Å². The molecule has 0 aliphatic rings. The van der Waals surface area contributed by atoms with Crippen LogP contribution >= 0.6 is 0 Å². The van der Waals surface area contributed by atoms with Crippen molar-refractivity contribution in [3.63, 3.8) is 0 Å². The predicted molar refractivity (Wildman–Crippen MR) is 143 cm³/mol. The first kappa shape index (κ1) is 27.4. The summed E-state index contributed by atoms with van der Waals surface area (Å²) in [5.41, 5.74) is 5.71. The molecule has 0 aliphatic heterocycles. The summed E-state index contributed by atoms with van der Waals surface area (Å²) in [5, 5.41) is 5.15. The predicted octanol–water partition coefficient (Wildman–Crippen LogP) is 8.14. The average molecular weight is 467 g/mol. The van der Waals surface area contributed by atoms with E-state index in [0.717, 1.165) is 81.8 Å². The van der Waals surface area contributed by atoms with Crippen LogP contribution in [0.2, 0.25) is 0 Å². The summed E-state index contributed by atoms with van der Waals surface area (Å²) in [6.45, 7) is 16.3. The third-order valence-corrected chi connectivity index (χ3v) is 6.00. The number of imidazole rings is 1. The van der Waals surface area contributed by atoms with Crippen molar-refractivity contribution in [1.29, 1.82) is 0 Å². The van der Waals surface area contributed by atoms with E-state index in [1.807, 2.05) is 47.7 Å².